The van der Waals surface area contributed by atoms with E-state index in [4.69, 9.17) is 37.4 Å². The van der Waals surface area contributed by atoms with Gasteiger partial charge in [0, 0.05) is 77.1 Å². The summed E-state index contributed by atoms with van der Waals surface area (Å²) in [6, 6.07) is 36.6. The molecule has 2 aromatic heterocycles. The Morgan fingerprint density at radius 1 is 0.570 bits per heavy atom. The average Bonchev–Trinajstić information content (AvgIpc) is 4.43. The number of halogens is 6. The Balaban J connectivity index is 0.000000192. The van der Waals surface area contributed by atoms with Gasteiger partial charge in [-0.3, -0.25) is 8.61 Å². The number of aromatic nitrogens is 2. The van der Waals surface area contributed by atoms with Gasteiger partial charge in [-0.05, 0) is 148 Å². The van der Waals surface area contributed by atoms with Crippen molar-refractivity contribution in [3.05, 3.63) is 198 Å². The third kappa shape index (κ3) is 12.5. The summed E-state index contributed by atoms with van der Waals surface area (Å²) in [5.74, 6) is -1.60. The lowest BCUT2D eigenvalue weighted by Gasteiger charge is -2.21. The van der Waals surface area contributed by atoms with Crippen molar-refractivity contribution >= 4 is 98.4 Å². The van der Waals surface area contributed by atoms with Crippen LogP contribution in [0.5, 0.6) is 11.5 Å². The number of carbonyl (C=O) groups is 2. The number of carboxylic acids is 1. The van der Waals surface area contributed by atoms with Crippen LogP contribution in [0.25, 0.3) is 33.9 Å². The van der Waals surface area contributed by atoms with E-state index >= 15 is 0 Å². The fourth-order valence-corrected chi connectivity index (χ4v) is 13.5. The third-order valence-corrected chi connectivity index (χ3v) is 18.3. The van der Waals surface area contributed by atoms with E-state index in [-0.39, 0.29) is 48.1 Å². The van der Waals surface area contributed by atoms with Crippen LogP contribution in [0.1, 0.15) is 56.1 Å². The minimum Gasteiger partial charge on any atom is -0.488 e. The molecule has 0 unspecified atom stereocenters. The molecule has 2 aliphatic rings. The van der Waals surface area contributed by atoms with Crippen molar-refractivity contribution < 1.29 is 54.5 Å². The zero-order valence-corrected chi connectivity index (χ0v) is 48.7. The van der Waals surface area contributed by atoms with Gasteiger partial charge in [0.2, 0.25) is 20.0 Å². The van der Waals surface area contributed by atoms with Crippen LogP contribution < -0.4 is 18.1 Å². The van der Waals surface area contributed by atoms with Crippen LogP contribution >= 0.6 is 55.1 Å². The summed E-state index contributed by atoms with van der Waals surface area (Å²) in [6.07, 6.45) is 0.959. The molecule has 4 heterocycles. The number of rotatable bonds is 14. The number of hydrogen-bond acceptors (Lipinski definition) is 9. The van der Waals surface area contributed by atoms with Gasteiger partial charge in [0.1, 0.15) is 36.3 Å². The Kier molecular flexibility index (Phi) is 17.0. The first-order valence-electron chi connectivity index (χ1n) is 24.3. The number of ether oxygens (including phenoxy) is 3. The van der Waals surface area contributed by atoms with Crippen molar-refractivity contribution in [3.8, 4) is 45.4 Å². The molecule has 6 aromatic carbocycles. The number of carboxylic acid groups (broad SMARTS) is 1. The summed E-state index contributed by atoms with van der Waals surface area (Å²) in [7, 11) is -5.76. The van der Waals surface area contributed by atoms with E-state index in [2.05, 4.69) is 31.9 Å². The molecular weight excluding hydrogens is 1230 g/mol. The molecule has 0 bridgehead atoms. The van der Waals surface area contributed by atoms with Gasteiger partial charge in [0.15, 0.2) is 0 Å². The molecule has 0 radical (unpaired) electrons. The largest absolute Gasteiger partial charge is 0.488 e. The van der Waals surface area contributed by atoms with E-state index in [1.54, 1.807) is 78.9 Å². The minimum atomic E-state index is -3.53. The monoisotopic (exact) mass is 1280 g/mol. The molecule has 0 amide bonds. The Hall–Kier alpha value is -6.68. The molecule has 1 N–H and O–H groups in total. The van der Waals surface area contributed by atoms with Crippen LogP contribution in [-0.2, 0) is 38.0 Å². The number of esters is 1. The van der Waals surface area contributed by atoms with E-state index in [1.165, 1.54) is 46.1 Å². The average molecular weight is 1280 g/mol. The van der Waals surface area contributed by atoms with Crippen LogP contribution in [0.3, 0.4) is 0 Å². The number of aromatic carboxylic acids is 1. The first kappa shape index (κ1) is 57.0. The van der Waals surface area contributed by atoms with Crippen LogP contribution in [0, 0.1) is 25.5 Å². The van der Waals surface area contributed by atoms with E-state index in [9.17, 15) is 40.3 Å². The maximum Gasteiger partial charge on any atom is 0.337 e. The molecule has 0 saturated carbocycles. The fraction of sp³-hybridized carbons (Fsp3) is 0.193. The van der Waals surface area contributed by atoms with Crippen molar-refractivity contribution in [2.24, 2.45) is 0 Å². The molecule has 0 spiro atoms. The Labute approximate surface area is 482 Å². The van der Waals surface area contributed by atoms with E-state index < -0.39 is 43.6 Å². The third-order valence-electron chi connectivity index (χ3n) is 13.1. The number of benzene rings is 6. The topological polar surface area (TPSA) is 167 Å². The first-order valence-corrected chi connectivity index (χ1v) is 29.9. The maximum absolute atomic E-state index is 14.5. The quantitative estimate of drug-likeness (QED) is 0.104. The Morgan fingerprint density at radius 3 is 1.38 bits per heavy atom. The van der Waals surface area contributed by atoms with Gasteiger partial charge < -0.3 is 28.5 Å². The van der Waals surface area contributed by atoms with E-state index in [0.717, 1.165) is 11.4 Å². The molecule has 0 aliphatic carbocycles. The molecule has 22 heteroatoms. The van der Waals surface area contributed by atoms with Crippen LogP contribution in [0.15, 0.2) is 142 Å². The molecule has 8 aromatic rings. The lowest BCUT2D eigenvalue weighted by atomic mass is 10.1. The van der Waals surface area contributed by atoms with Crippen molar-refractivity contribution in [1.29, 1.82) is 0 Å². The zero-order chi connectivity index (χ0) is 56.5. The fourth-order valence-electron chi connectivity index (χ4n) is 9.38. The number of anilines is 2. The number of hydrogen-bond donors (Lipinski definition) is 1. The molecule has 79 heavy (non-hydrogen) atoms. The van der Waals surface area contributed by atoms with E-state index in [1.807, 2.05) is 47.2 Å². The van der Waals surface area contributed by atoms with Gasteiger partial charge in [-0.1, -0.05) is 67.2 Å². The highest BCUT2D eigenvalue weighted by Crippen LogP contribution is 2.40. The summed E-state index contributed by atoms with van der Waals surface area (Å²) >= 11 is 19.3. The van der Waals surface area contributed by atoms with Crippen LogP contribution in [-0.4, -0.2) is 74.7 Å². The summed E-state index contributed by atoms with van der Waals surface area (Å²) in [6.45, 7) is 4.31. The van der Waals surface area contributed by atoms with Crippen molar-refractivity contribution in [2.75, 3.05) is 40.3 Å². The van der Waals surface area contributed by atoms with Crippen molar-refractivity contribution in [3.63, 3.8) is 0 Å². The number of aryl methyl sites for hydroxylation is 2. The molecule has 14 nitrogen and oxygen atoms in total. The van der Waals surface area contributed by atoms with Crippen LogP contribution in [0.2, 0.25) is 10.0 Å². The van der Waals surface area contributed by atoms with Gasteiger partial charge >= 0.3 is 11.9 Å². The highest BCUT2D eigenvalue weighted by molar-refractivity contribution is 9.10. The SMILES string of the molecule is COC(=O)c1cc(N2CCCS2(=O)=O)cc(-n2c(C)ccc2-c2cc(Cl)ccc2OCc2ccc(Br)cc2F)c1.Cc1ccc(-c2cc(Cl)ccc2OCc2ccc(Br)cc2F)n1-c1cc(C(=O)O)cc(N2CCCS2(=O)=O)c1. The Bertz CT molecular complexity index is 3930. The highest BCUT2D eigenvalue weighted by atomic mass is 79.9. The number of methoxy groups -OCH3 is 1. The van der Waals surface area contributed by atoms with Crippen molar-refractivity contribution in [2.45, 2.75) is 39.9 Å². The summed E-state index contributed by atoms with van der Waals surface area (Å²) in [4.78, 5) is 24.6. The lowest BCUT2D eigenvalue weighted by molar-refractivity contribution is 0.0599. The van der Waals surface area contributed by atoms with Gasteiger partial charge in [-0.2, -0.15) is 0 Å². The second-order valence-corrected chi connectivity index (χ2v) is 25.2. The van der Waals surface area contributed by atoms with E-state index in [0.29, 0.717) is 101 Å². The smallest absolute Gasteiger partial charge is 0.337 e. The standard InChI is InChI=1S/C29H25BrClFN2O5S.C28H23BrClFN2O5S/c1-18-4-8-27(25-15-22(31)7-9-28(25)39-17-19-5-6-21(30)14-26(19)32)34(18)24-13-20(29(35)38-2)12-23(16-24)33-10-3-11-40(33,36)37;1-17-3-7-26(24-14-21(30)6-8-27(24)38-16-18-4-5-20(29)13-25(18)31)33(17)23-12-19(28(34)35)11-22(15-23)32-9-2-10-39(32,36)37/h4-9,12-16H,3,10-11,17H2,1-2H3;3-8,11-15H,2,9-10,16H2,1H3,(H,34,35). The molecule has 410 valence electrons. The Morgan fingerprint density at radius 2 is 0.987 bits per heavy atom. The first-order chi connectivity index (χ1) is 37.6. The number of sulfonamides is 2. The van der Waals surface area contributed by atoms with Gasteiger partial charge in [-0.25, -0.2) is 35.2 Å². The van der Waals surface area contributed by atoms with Gasteiger partial charge in [0.25, 0.3) is 0 Å². The minimum absolute atomic E-state index is 0.00953. The normalized spacial score (nSPS) is 14.4. The maximum atomic E-state index is 14.5. The van der Waals surface area contributed by atoms with Crippen LogP contribution in [0.4, 0.5) is 20.2 Å². The molecule has 2 saturated heterocycles. The second kappa shape index (κ2) is 23.6. The predicted octanol–water partition coefficient (Wildman–Crippen LogP) is 13.7. The summed E-state index contributed by atoms with van der Waals surface area (Å²) < 4.78 is 104. The zero-order valence-electron chi connectivity index (χ0n) is 42.4. The van der Waals surface area contributed by atoms with Crippen molar-refractivity contribution in [1.82, 2.24) is 9.13 Å². The molecule has 10 rings (SSSR count). The van der Waals surface area contributed by atoms with Gasteiger partial charge in [-0.15, -0.1) is 0 Å². The second-order valence-electron chi connectivity index (χ2n) is 18.5. The highest BCUT2D eigenvalue weighted by Gasteiger charge is 2.32. The molecule has 0 atom stereocenters. The lowest BCUT2D eigenvalue weighted by Crippen LogP contribution is -2.25. The molecule has 2 fully saturated rings. The molecule has 2 aliphatic heterocycles. The van der Waals surface area contributed by atoms with Gasteiger partial charge in [0.05, 0.1) is 52.5 Å². The summed E-state index contributed by atoms with van der Waals surface area (Å²) in [5.41, 5.74) is 6.76. The predicted molar refractivity (Wildman–Crippen MR) is 309 cm³/mol. The summed E-state index contributed by atoms with van der Waals surface area (Å²) in [5, 5.41) is 10.7. The number of carbonyl (C=O) groups excluding carboxylic acids is 1. The number of nitrogens with zero attached hydrogens (tertiary/aromatic N) is 4. The molecular formula is C57H48Br2Cl2F2N4O10S2.